The summed E-state index contributed by atoms with van der Waals surface area (Å²) >= 11 is 0. The summed E-state index contributed by atoms with van der Waals surface area (Å²) in [6.07, 6.45) is 0. The molecule has 0 bridgehead atoms. The van der Waals surface area contributed by atoms with Gasteiger partial charge in [0.25, 0.3) is 5.91 Å². The average Bonchev–Trinajstić information content (AvgIpc) is 2.15. The van der Waals surface area contributed by atoms with E-state index in [1.54, 1.807) is 25.2 Å². The Morgan fingerprint density at radius 3 is 2.40 bits per heavy atom. The van der Waals surface area contributed by atoms with Crippen molar-refractivity contribution in [2.24, 2.45) is 0 Å². The molecule has 82 valence electrons. The fourth-order valence-electron chi connectivity index (χ4n) is 1.42. The third kappa shape index (κ3) is 2.49. The van der Waals surface area contributed by atoms with E-state index >= 15 is 0 Å². The van der Waals surface area contributed by atoms with Crippen molar-refractivity contribution >= 4 is 5.91 Å². The Morgan fingerprint density at radius 2 is 1.93 bits per heavy atom. The zero-order valence-electron chi connectivity index (χ0n) is 9.59. The Balaban J connectivity index is 3.23. The summed E-state index contributed by atoms with van der Waals surface area (Å²) in [4.78, 5) is 11.4. The maximum atomic E-state index is 11.4. The van der Waals surface area contributed by atoms with Crippen molar-refractivity contribution < 1.29 is 9.90 Å². The fourth-order valence-corrected chi connectivity index (χ4v) is 1.42. The maximum absolute atomic E-state index is 11.4. The summed E-state index contributed by atoms with van der Waals surface area (Å²) in [6.45, 7) is 5.99. The van der Waals surface area contributed by atoms with Crippen LogP contribution in [0.5, 0.6) is 5.75 Å². The molecule has 0 spiro atoms. The van der Waals surface area contributed by atoms with Crippen molar-refractivity contribution in [2.75, 3.05) is 7.05 Å². The van der Waals surface area contributed by atoms with Gasteiger partial charge in [0.05, 0.1) is 0 Å². The second-order valence-corrected chi connectivity index (χ2v) is 4.56. The van der Waals surface area contributed by atoms with Crippen LogP contribution in [0.3, 0.4) is 0 Å². The molecule has 0 aliphatic carbocycles. The fraction of sp³-hybridized carbons (Fsp3) is 0.417. The van der Waals surface area contributed by atoms with Crippen molar-refractivity contribution in [3.05, 3.63) is 29.3 Å². The molecule has 1 rings (SSSR count). The molecule has 2 N–H and O–H groups in total. The number of carbonyl (C=O) groups excluding carboxylic acids is 1. The number of rotatable bonds is 1. The smallest absolute Gasteiger partial charge is 0.251 e. The Kier molecular flexibility index (Phi) is 3.03. The second kappa shape index (κ2) is 3.93. The van der Waals surface area contributed by atoms with Gasteiger partial charge in [-0.15, -0.1) is 0 Å². The van der Waals surface area contributed by atoms with E-state index in [-0.39, 0.29) is 17.1 Å². The lowest BCUT2D eigenvalue weighted by Gasteiger charge is -2.20. The quantitative estimate of drug-likeness (QED) is 0.740. The highest BCUT2D eigenvalue weighted by molar-refractivity contribution is 5.94. The van der Waals surface area contributed by atoms with Gasteiger partial charge >= 0.3 is 0 Å². The topological polar surface area (TPSA) is 49.3 Å². The van der Waals surface area contributed by atoms with Gasteiger partial charge in [-0.05, 0) is 23.6 Å². The standard InChI is InChI=1S/C12H17NO2/c1-12(2,3)9-7-8(11(15)13-4)5-6-10(9)14/h5-7,14H,1-4H3,(H,13,15). The summed E-state index contributed by atoms with van der Waals surface area (Å²) in [5.74, 6) is 0.0932. The van der Waals surface area contributed by atoms with E-state index in [1.165, 1.54) is 0 Å². The van der Waals surface area contributed by atoms with Crippen molar-refractivity contribution in [1.82, 2.24) is 5.32 Å². The largest absolute Gasteiger partial charge is 0.508 e. The van der Waals surface area contributed by atoms with Gasteiger partial charge in [0.2, 0.25) is 0 Å². The highest BCUT2D eigenvalue weighted by Crippen LogP contribution is 2.31. The molecule has 3 heteroatoms. The summed E-state index contributed by atoms with van der Waals surface area (Å²) in [7, 11) is 1.59. The van der Waals surface area contributed by atoms with Crippen molar-refractivity contribution in [3.63, 3.8) is 0 Å². The van der Waals surface area contributed by atoms with E-state index in [0.717, 1.165) is 5.56 Å². The van der Waals surface area contributed by atoms with Crippen molar-refractivity contribution in [3.8, 4) is 5.75 Å². The third-order valence-electron chi connectivity index (χ3n) is 2.29. The SMILES string of the molecule is CNC(=O)c1ccc(O)c(C(C)(C)C)c1. The molecular formula is C12H17NO2. The lowest BCUT2D eigenvalue weighted by Crippen LogP contribution is -2.19. The lowest BCUT2D eigenvalue weighted by molar-refractivity contribution is 0.0963. The number of nitrogens with one attached hydrogen (secondary N) is 1. The van der Waals surface area contributed by atoms with Crippen LogP contribution in [0, 0.1) is 0 Å². The minimum Gasteiger partial charge on any atom is -0.508 e. The molecular weight excluding hydrogens is 190 g/mol. The highest BCUT2D eigenvalue weighted by Gasteiger charge is 2.19. The van der Waals surface area contributed by atoms with Gasteiger partial charge in [-0.2, -0.15) is 0 Å². The number of hydrogen-bond donors (Lipinski definition) is 2. The van der Waals surface area contributed by atoms with Crippen LogP contribution in [0.15, 0.2) is 18.2 Å². The van der Waals surface area contributed by atoms with E-state index in [9.17, 15) is 9.90 Å². The zero-order valence-corrected chi connectivity index (χ0v) is 9.59. The average molecular weight is 207 g/mol. The first-order chi connectivity index (χ1) is 6.86. The zero-order chi connectivity index (χ0) is 11.6. The van der Waals surface area contributed by atoms with Crippen LogP contribution in [0.1, 0.15) is 36.7 Å². The van der Waals surface area contributed by atoms with E-state index in [4.69, 9.17) is 0 Å². The number of phenols is 1. The minimum atomic E-state index is -0.173. The van der Waals surface area contributed by atoms with Gasteiger partial charge in [-0.1, -0.05) is 20.8 Å². The molecule has 0 radical (unpaired) electrons. The summed E-state index contributed by atoms with van der Waals surface area (Å²) < 4.78 is 0. The second-order valence-electron chi connectivity index (χ2n) is 4.56. The van der Waals surface area contributed by atoms with Crippen LogP contribution in [0.2, 0.25) is 0 Å². The summed E-state index contributed by atoms with van der Waals surface area (Å²) in [5.41, 5.74) is 1.18. The molecule has 15 heavy (non-hydrogen) atoms. The van der Waals surface area contributed by atoms with Crippen molar-refractivity contribution in [2.45, 2.75) is 26.2 Å². The molecule has 0 saturated carbocycles. The summed E-state index contributed by atoms with van der Waals surface area (Å²) in [6, 6.07) is 4.91. The number of amides is 1. The number of benzene rings is 1. The molecule has 1 aromatic carbocycles. The minimum absolute atomic E-state index is 0.138. The molecule has 0 aliphatic rings. The molecule has 1 amide bonds. The number of hydrogen-bond acceptors (Lipinski definition) is 2. The molecule has 0 atom stereocenters. The molecule has 0 saturated heterocycles. The number of carbonyl (C=O) groups is 1. The lowest BCUT2D eigenvalue weighted by atomic mass is 9.85. The molecule has 0 aromatic heterocycles. The van der Waals surface area contributed by atoms with E-state index in [2.05, 4.69) is 5.32 Å². The Hall–Kier alpha value is -1.51. The maximum Gasteiger partial charge on any atom is 0.251 e. The van der Waals surface area contributed by atoms with Gasteiger partial charge in [0, 0.05) is 18.2 Å². The predicted octanol–water partition coefficient (Wildman–Crippen LogP) is 2.05. The van der Waals surface area contributed by atoms with Crippen LogP contribution < -0.4 is 5.32 Å². The summed E-state index contributed by atoms with van der Waals surface area (Å²) in [5, 5.41) is 12.3. The number of phenolic OH excluding ortho intramolecular Hbond substituents is 1. The van der Waals surface area contributed by atoms with Gasteiger partial charge in [0.15, 0.2) is 0 Å². The molecule has 1 aromatic rings. The molecule has 0 fully saturated rings. The molecule has 0 aliphatic heterocycles. The van der Waals surface area contributed by atoms with E-state index < -0.39 is 0 Å². The van der Waals surface area contributed by atoms with Crippen LogP contribution >= 0.6 is 0 Å². The highest BCUT2D eigenvalue weighted by atomic mass is 16.3. The molecule has 0 heterocycles. The third-order valence-corrected chi connectivity index (χ3v) is 2.29. The van der Waals surface area contributed by atoms with Gasteiger partial charge in [0.1, 0.15) is 5.75 Å². The molecule has 3 nitrogen and oxygen atoms in total. The normalized spacial score (nSPS) is 11.2. The molecule has 0 unspecified atom stereocenters. The Labute approximate surface area is 90.1 Å². The van der Waals surface area contributed by atoms with E-state index in [0.29, 0.717) is 5.56 Å². The van der Waals surface area contributed by atoms with Gasteiger partial charge in [-0.25, -0.2) is 0 Å². The Morgan fingerprint density at radius 1 is 1.33 bits per heavy atom. The van der Waals surface area contributed by atoms with Crippen molar-refractivity contribution in [1.29, 1.82) is 0 Å². The number of aromatic hydroxyl groups is 1. The first kappa shape index (κ1) is 11.6. The first-order valence-electron chi connectivity index (χ1n) is 4.92. The first-order valence-corrected chi connectivity index (χ1v) is 4.92. The van der Waals surface area contributed by atoms with Gasteiger partial charge < -0.3 is 10.4 Å². The van der Waals surface area contributed by atoms with Crippen LogP contribution in [-0.2, 0) is 5.41 Å². The predicted molar refractivity (Wildman–Crippen MR) is 60.2 cm³/mol. The van der Waals surface area contributed by atoms with Crippen LogP contribution in [0.4, 0.5) is 0 Å². The van der Waals surface area contributed by atoms with Crippen LogP contribution in [-0.4, -0.2) is 18.1 Å². The Bertz CT molecular complexity index is 378. The monoisotopic (exact) mass is 207 g/mol. The van der Waals surface area contributed by atoms with Crippen LogP contribution in [0.25, 0.3) is 0 Å². The van der Waals surface area contributed by atoms with E-state index in [1.807, 2.05) is 20.8 Å². The van der Waals surface area contributed by atoms with Gasteiger partial charge in [-0.3, -0.25) is 4.79 Å².